The molecule has 1 amide bonds. The van der Waals surface area contributed by atoms with Crippen molar-refractivity contribution in [1.29, 1.82) is 0 Å². The molecule has 1 aliphatic carbocycles. The molecule has 0 bridgehead atoms. The number of anilines is 1. The first-order chi connectivity index (χ1) is 18.5. The summed E-state index contributed by atoms with van der Waals surface area (Å²) in [5.74, 6) is 1.56. The number of fused-ring (bicyclic) bond motifs is 1. The van der Waals surface area contributed by atoms with Gasteiger partial charge in [-0.3, -0.25) is 4.79 Å². The van der Waals surface area contributed by atoms with Crippen LogP contribution in [0.25, 0.3) is 22.2 Å². The van der Waals surface area contributed by atoms with Crippen molar-refractivity contribution in [3.05, 3.63) is 78.1 Å². The highest BCUT2D eigenvalue weighted by Gasteiger charge is 2.23. The van der Waals surface area contributed by atoms with Crippen LogP contribution in [0, 0.1) is 5.92 Å². The highest BCUT2D eigenvalue weighted by molar-refractivity contribution is 5.94. The molecule has 1 heterocycles. The van der Waals surface area contributed by atoms with Crippen LogP contribution in [0.1, 0.15) is 56.8 Å². The first-order valence-electron chi connectivity index (χ1n) is 13.4. The van der Waals surface area contributed by atoms with Gasteiger partial charge >= 0.3 is 6.16 Å². The second kappa shape index (κ2) is 11.5. The minimum atomic E-state index is -1.33. The fraction of sp³-hybridized carbons (Fsp3) is 0.323. The number of hydrogen-bond donors (Lipinski definition) is 2. The maximum absolute atomic E-state index is 12.7. The normalized spacial score (nSPS) is 13.6. The number of amides is 1. The van der Waals surface area contributed by atoms with Crippen molar-refractivity contribution in [3.8, 4) is 16.9 Å². The van der Waals surface area contributed by atoms with Gasteiger partial charge < -0.3 is 19.7 Å². The predicted octanol–water partition coefficient (Wildman–Crippen LogP) is 7.28. The van der Waals surface area contributed by atoms with E-state index in [9.17, 15) is 9.59 Å². The molecule has 0 radical (unpaired) electrons. The van der Waals surface area contributed by atoms with Gasteiger partial charge in [0.2, 0.25) is 5.91 Å². The number of hydrogen-bond acceptors (Lipinski definition) is 4. The number of carbonyl (C=O) groups excluding carboxylic acids is 1. The van der Waals surface area contributed by atoms with Crippen LogP contribution in [0.4, 0.5) is 10.5 Å². The third kappa shape index (κ3) is 5.72. The fourth-order valence-electron chi connectivity index (χ4n) is 5.25. The molecule has 0 atom stereocenters. The largest absolute Gasteiger partial charge is 0.511 e. The molecule has 1 aromatic heterocycles. The highest BCUT2D eigenvalue weighted by Crippen LogP contribution is 2.31. The number of benzene rings is 3. The molecule has 4 aromatic rings. The maximum Gasteiger partial charge on any atom is 0.511 e. The van der Waals surface area contributed by atoms with E-state index in [4.69, 9.17) is 14.8 Å². The van der Waals surface area contributed by atoms with E-state index < -0.39 is 6.16 Å². The Labute approximate surface area is 222 Å². The Balaban J connectivity index is 1.42. The number of carboxylic acid groups (broad SMARTS) is 1. The molecule has 3 aromatic carbocycles. The van der Waals surface area contributed by atoms with Crippen molar-refractivity contribution in [2.24, 2.45) is 5.92 Å². The summed E-state index contributed by atoms with van der Waals surface area (Å²) in [6.45, 7) is 2.82. The molecule has 5 rings (SSSR count). The summed E-state index contributed by atoms with van der Waals surface area (Å²) in [6.07, 6.45) is 5.87. The van der Waals surface area contributed by atoms with Gasteiger partial charge in [-0.1, -0.05) is 68.7 Å². The quantitative estimate of drug-likeness (QED) is 0.182. The van der Waals surface area contributed by atoms with Gasteiger partial charge in [0.1, 0.15) is 11.6 Å². The number of unbranched alkanes of at least 4 members (excludes halogenated alkanes) is 1. The van der Waals surface area contributed by atoms with Gasteiger partial charge in [-0.15, -0.1) is 0 Å². The molecule has 7 nitrogen and oxygen atoms in total. The Morgan fingerprint density at radius 3 is 2.55 bits per heavy atom. The topological polar surface area (TPSA) is 93.5 Å². The number of rotatable bonds is 9. The molecule has 0 unspecified atom stereocenters. The second-order valence-corrected chi connectivity index (χ2v) is 9.95. The summed E-state index contributed by atoms with van der Waals surface area (Å²) in [6, 6.07) is 21.2. The molecule has 196 valence electrons. The lowest BCUT2D eigenvalue weighted by atomic mass is 10.0. The number of aromatic nitrogens is 2. The second-order valence-electron chi connectivity index (χ2n) is 9.95. The van der Waals surface area contributed by atoms with E-state index in [1.54, 1.807) is 12.1 Å². The molecule has 38 heavy (non-hydrogen) atoms. The molecule has 1 saturated carbocycles. The molecular formula is C31H33N3O4. The number of nitrogens with zero attached hydrogens (tertiary/aromatic N) is 2. The van der Waals surface area contributed by atoms with Gasteiger partial charge in [-0.2, -0.15) is 0 Å². The van der Waals surface area contributed by atoms with Crippen molar-refractivity contribution in [2.75, 3.05) is 5.32 Å². The molecule has 0 saturated heterocycles. The summed E-state index contributed by atoms with van der Waals surface area (Å²) in [7, 11) is 0. The Bertz CT molecular complexity index is 1440. The standard InChI is InChI=1S/C31H33N3O4/c1-2-3-12-29-33-26-18-17-24(32-30(35)23-8-4-5-9-23)19-27(26)34(29)20-21-13-15-22(16-14-21)25-10-6-7-11-28(25)38-31(36)37/h6-7,10-11,13-19,23H,2-5,8-9,12,20H2,1H3,(H,32,35)(H,36,37). The summed E-state index contributed by atoms with van der Waals surface area (Å²) in [5, 5.41) is 12.2. The highest BCUT2D eigenvalue weighted by atomic mass is 16.7. The van der Waals surface area contributed by atoms with Gasteiger partial charge in [-0.05, 0) is 54.7 Å². The number of para-hydroxylation sites is 1. The number of nitrogens with one attached hydrogen (secondary N) is 1. The number of aryl methyl sites for hydroxylation is 1. The van der Waals surface area contributed by atoms with Gasteiger partial charge in [0.15, 0.2) is 0 Å². The van der Waals surface area contributed by atoms with Crippen LogP contribution < -0.4 is 10.1 Å². The molecule has 7 heteroatoms. The summed E-state index contributed by atoms with van der Waals surface area (Å²) in [4.78, 5) is 28.8. The first kappa shape index (κ1) is 25.5. The number of imidazole rings is 1. The third-order valence-electron chi connectivity index (χ3n) is 7.26. The van der Waals surface area contributed by atoms with E-state index >= 15 is 0 Å². The zero-order valence-electron chi connectivity index (χ0n) is 21.7. The van der Waals surface area contributed by atoms with Gasteiger partial charge in [0.05, 0.1) is 11.0 Å². The molecule has 1 aliphatic rings. The average molecular weight is 512 g/mol. The molecule has 1 fully saturated rings. The van der Waals surface area contributed by atoms with E-state index in [0.29, 0.717) is 12.3 Å². The Hall–Kier alpha value is -4.13. The van der Waals surface area contributed by atoms with Crippen molar-refractivity contribution >= 4 is 28.8 Å². The number of carbonyl (C=O) groups is 2. The smallest absolute Gasteiger partial charge is 0.449 e. The molecule has 0 spiro atoms. The monoisotopic (exact) mass is 511 g/mol. The molecule has 2 N–H and O–H groups in total. The Kier molecular flexibility index (Phi) is 7.73. The van der Waals surface area contributed by atoms with Crippen molar-refractivity contribution in [3.63, 3.8) is 0 Å². The van der Waals surface area contributed by atoms with Crippen molar-refractivity contribution in [2.45, 2.75) is 58.4 Å². The Morgan fingerprint density at radius 2 is 1.82 bits per heavy atom. The lowest BCUT2D eigenvalue weighted by Gasteiger charge is -2.13. The van der Waals surface area contributed by atoms with E-state index in [0.717, 1.165) is 84.2 Å². The molecule has 0 aliphatic heterocycles. The summed E-state index contributed by atoms with van der Waals surface area (Å²) in [5.41, 5.74) is 5.44. The van der Waals surface area contributed by atoms with E-state index in [-0.39, 0.29) is 11.8 Å². The van der Waals surface area contributed by atoms with Crippen LogP contribution in [-0.2, 0) is 17.8 Å². The van der Waals surface area contributed by atoms with Crippen LogP contribution >= 0.6 is 0 Å². The van der Waals surface area contributed by atoms with Gasteiger partial charge in [-0.25, -0.2) is 9.78 Å². The fourth-order valence-corrected chi connectivity index (χ4v) is 5.25. The average Bonchev–Trinajstić information content (AvgIpc) is 3.57. The first-order valence-corrected chi connectivity index (χ1v) is 13.4. The SMILES string of the molecule is CCCCc1nc2ccc(NC(=O)C3CCCC3)cc2n1Cc1ccc(-c2ccccc2OC(=O)O)cc1. The van der Waals surface area contributed by atoms with Gasteiger partial charge in [0, 0.05) is 30.1 Å². The minimum Gasteiger partial charge on any atom is -0.449 e. The third-order valence-corrected chi connectivity index (χ3v) is 7.26. The van der Waals surface area contributed by atoms with Crippen LogP contribution in [-0.4, -0.2) is 26.7 Å². The van der Waals surface area contributed by atoms with Crippen LogP contribution in [0.2, 0.25) is 0 Å². The lowest BCUT2D eigenvalue weighted by molar-refractivity contribution is -0.119. The summed E-state index contributed by atoms with van der Waals surface area (Å²) < 4.78 is 7.20. The van der Waals surface area contributed by atoms with Crippen molar-refractivity contribution < 1.29 is 19.4 Å². The van der Waals surface area contributed by atoms with E-state index in [1.165, 1.54) is 0 Å². The lowest BCUT2D eigenvalue weighted by Crippen LogP contribution is -2.20. The maximum atomic E-state index is 12.7. The van der Waals surface area contributed by atoms with E-state index in [1.807, 2.05) is 54.6 Å². The number of ether oxygens (including phenoxy) is 1. The Morgan fingerprint density at radius 1 is 1.05 bits per heavy atom. The molecular weight excluding hydrogens is 478 g/mol. The minimum absolute atomic E-state index is 0.111. The van der Waals surface area contributed by atoms with Crippen molar-refractivity contribution in [1.82, 2.24) is 9.55 Å². The predicted molar refractivity (Wildman–Crippen MR) is 149 cm³/mol. The van der Waals surface area contributed by atoms with Crippen LogP contribution in [0.3, 0.4) is 0 Å². The summed E-state index contributed by atoms with van der Waals surface area (Å²) >= 11 is 0. The zero-order valence-corrected chi connectivity index (χ0v) is 21.7. The van der Waals surface area contributed by atoms with Crippen LogP contribution in [0.5, 0.6) is 5.75 Å². The van der Waals surface area contributed by atoms with Crippen LogP contribution in [0.15, 0.2) is 66.7 Å². The van der Waals surface area contributed by atoms with E-state index in [2.05, 4.69) is 16.8 Å². The van der Waals surface area contributed by atoms with Gasteiger partial charge in [0.25, 0.3) is 0 Å². The zero-order chi connectivity index (χ0) is 26.5.